The van der Waals surface area contributed by atoms with Crippen LogP contribution in [0.4, 0.5) is 0 Å². The molecule has 0 aromatic carbocycles. The second kappa shape index (κ2) is 5.13. The number of rotatable bonds is 2. The Bertz CT molecular complexity index is 916. The molecule has 22 heavy (non-hydrogen) atoms. The lowest BCUT2D eigenvalue weighted by atomic mass is 10.0. The van der Waals surface area contributed by atoms with Gasteiger partial charge in [0.15, 0.2) is 0 Å². The second-order valence-electron chi connectivity index (χ2n) is 6.26. The van der Waals surface area contributed by atoms with Crippen molar-refractivity contribution >= 4 is 11.0 Å². The summed E-state index contributed by atoms with van der Waals surface area (Å²) < 4.78 is 2.07. The van der Waals surface area contributed by atoms with Crippen LogP contribution in [0.15, 0.2) is 29.2 Å². The van der Waals surface area contributed by atoms with Crippen molar-refractivity contribution in [2.45, 2.75) is 33.6 Å². The van der Waals surface area contributed by atoms with Gasteiger partial charge in [0.2, 0.25) is 0 Å². The van der Waals surface area contributed by atoms with Crippen LogP contribution in [0.2, 0.25) is 0 Å². The molecule has 3 heterocycles. The number of fused-ring (bicyclic) bond motifs is 1. The molecule has 0 saturated carbocycles. The van der Waals surface area contributed by atoms with Gasteiger partial charge in [-0.25, -0.2) is 4.98 Å². The summed E-state index contributed by atoms with van der Waals surface area (Å²) in [5.41, 5.74) is 6.44. The smallest absolute Gasteiger partial charge is 0.257 e. The van der Waals surface area contributed by atoms with E-state index in [0.29, 0.717) is 11.5 Å². The topological polar surface area (TPSA) is 50.7 Å². The first-order valence-corrected chi connectivity index (χ1v) is 7.55. The summed E-state index contributed by atoms with van der Waals surface area (Å²) in [5.74, 6) is 0.301. The molecular weight excluding hydrogens is 274 g/mol. The van der Waals surface area contributed by atoms with Gasteiger partial charge >= 0.3 is 0 Å². The van der Waals surface area contributed by atoms with Crippen molar-refractivity contribution in [3.05, 3.63) is 51.6 Å². The summed E-state index contributed by atoms with van der Waals surface area (Å²) in [6, 6.07) is 5.96. The molecule has 0 radical (unpaired) electrons. The molecule has 0 aliphatic carbocycles. The first-order valence-electron chi connectivity index (χ1n) is 7.55. The molecule has 3 rings (SSSR count). The fourth-order valence-corrected chi connectivity index (χ4v) is 2.86. The third-order valence-corrected chi connectivity index (χ3v) is 4.14. The zero-order chi connectivity index (χ0) is 16.0. The number of H-pyrrole nitrogens is 1. The van der Waals surface area contributed by atoms with Gasteiger partial charge in [0.1, 0.15) is 0 Å². The summed E-state index contributed by atoms with van der Waals surface area (Å²) in [7, 11) is 2.01. The molecule has 0 bridgehead atoms. The van der Waals surface area contributed by atoms with Gasteiger partial charge < -0.3 is 9.55 Å². The summed E-state index contributed by atoms with van der Waals surface area (Å²) in [6.45, 7) is 8.17. The molecule has 4 nitrogen and oxygen atoms in total. The maximum atomic E-state index is 12.4. The Kier molecular flexibility index (Phi) is 3.39. The quantitative estimate of drug-likeness (QED) is 0.784. The number of aromatic nitrogens is 3. The zero-order valence-corrected chi connectivity index (χ0v) is 13.7. The van der Waals surface area contributed by atoms with E-state index in [4.69, 9.17) is 4.98 Å². The number of hydrogen-bond acceptors (Lipinski definition) is 2. The van der Waals surface area contributed by atoms with E-state index in [9.17, 15) is 4.79 Å². The molecule has 0 aliphatic heterocycles. The Morgan fingerprint density at radius 1 is 1.18 bits per heavy atom. The fourth-order valence-electron chi connectivity index (χ4n) is 2.86. The number of nitrogens with one attached hydrogen (secondary N) is 1. The maximum absolute atomic E-state index is 12.4. The van der Waals surface area contributed by atoms with Crippen molar-refractivity contribution in [2.24, 2.45) is 7.05 Å². The van der Waals surface area contributed by atoms with Gasteiger partial charge in [0.05, 0.1) is 22.3 Å². The molecule has 0 aliphatic rings. The standard InChI is InChI=1S/C18H21N3O/c1-10(2)14-7-6-13(18(22)19-14)16-11(3)8-15-17(20-16)12(4)9-21(15)5/h6-10H,1-5H3,(H,19,22). The molecule has 0 atom stereocenters. The van der Waals surface area contributed by atoms with E-state index in [1.165, 1.54) is 0 Å². The van der Waals surface area contributed by atoms with Crippen LogP contribution in [-0.4, -0.2) is 14.5 Å². The molecule has 3 aromatic heterocycles. The molecule has 0 unspecified atom stereocenters. The monoisotopic (exact) mass is 295 g/mol. The summed E-state index contributed by atoms with van der Waals surface area (Å²) in [5, 5.41) is 0. The molecule has 0 saturated heterocycles. The van der Waals surface area contributed by atoms with Gasteiger partial charge in [-0.2, -0.15) is 0 Å². The van der Waals surface area contributed by atoms with E-state index in [-0.39, 0.29) is 5.56 Å². The summed E-state index contributed by atoms with van der Waals surface area (Å²) in [6.07, 6.45) is 2.06. The Morgan fingerprint density at radius 3 is 2.55 bits per heavy atom. The van der Waals surface area contributed by atoms with Crippen LogP contribution in [0.5, 0.6) is 0 Å². The van der Waals surface area contributed by atoms with Crippen molar-refractivity contribution in [3.8, 4) is 11.3 Å². The normalized spacial score (nSPS) is 11.5. The van der Waals surface area contributed by atoms with Crippen molar-refractivity contribution in [1.82, 2.24) is 14.5 Å². The van der Waals surface area contributed by atoms with Gasteiger partial charge in [0.25, 0.3) is 5.56 Å². The van der Waals surface area contributed by atoms with Gasteiger partial charge in [-0.05, 0) is 49.1 Å². The molecule has 0 fully saturated rings. The SMILES string of the molecule is Cc1cc2c(nc1-c1ccc(C(C)C)[nH]c1=O)c(C)cn2C. The van der Waals surface area contributed by atoms with Crippen molar-refractivity contribution in [2.75, 3.05) is 0 Å². The predicted octanol–water partition coefficient (Wildman–Crippen LogP) is 3.67. The molecule has 1 N–H and O–H groups in total. The van der Waals surface area contributed by atoms with E-state index in [1.54, 1.807) is 0 Å². The highest BCUT2D eigenvalue weighted by molar-refractivity contribution is 5.83. The number of nitrogens with zero attached hydrogens (tertiary/aromatic N) is 2. The minimum absolute atomic E-state index is 0.0743. The number of pyridine rings is 2. The van der Waals surface area contributed by atoms with E-state index in [0.717, 1.165) is 33.5 Å². The van der Waals surface area contributed by atoms with E-state index in [2.05, 4.69) is 35.7 Å². The lowest BCUT2D eigenvalue weighted by molar-refractivity contribution is 0.816. The number of aryl methyl sites for hydroxylation is 3. The Morgan fingerprint density at radius 2 is 1.91 bits per heavy atom. The molecule has 114 valence electrons. The van der Waals surface area contributed by atoms with Crippen molar-refractivity contribution < 1.29 is 0 Å². The average molecular weight is 295 g/mol. The minimum Gasteiger partial charge on any atom is -0.349 e. The lowest BCUT2D eigenvalue weighted by Gasteiger charge is -2.09. The van der Waals surface area contributed by atoms with Crippen LogP contribution in [0.1, 0.15) is 36.6 Å². The Balaban J connectivity index is 2.24. The highest BCUT2D eigenvalue weighted by atomic mass is 16.1. The molecule has 0 amide bonds. The van der Waals surface area contributed by atoms with Crippen molar-refractivity contribution in [1.29, 1.82) is 0 Å². The van der Waals surface area contributed by atoms with E-state index >= 15 is 0 Å². The average Bonchev–Trinajstić information content (AvgIpc) is 2.72. The molecular formula is C18H21N3O. The maximum Gasteiger partial charge on any atom is 0.257 e. The van der Waals surface area contributed by atoms with Gasteiger partial charge in [-0.3, -0.25) is 4.79 Å². The van der Waals surface area contributed by atoms with Crippen LogP contribution in [-0.2, 0) is 7.05 Å². The van der Waals surface area contributed by atoms with Crippen LogP contribution in [0.25, 0.3) is 22.3 Å². The van der Waals surface area contributed by atoms with Crippen LogP contribution in [0, 0.1) is 13.8 Å². The molecule has 0 spiro atoms. The third-order valence-electron chi connectivity index (χ3n) is 4.14. The first kappa shape index (κ1) is 14.6. The fraction of sp³-hybridized carbons (Fsp3) is 0.333. The summed E-state index contributed by atoms with van der Waals surface area (Å²) in [4.78, 5) is 20.2. The van der Waals surface area contributed by atoms with E-state index in [1.807, 2.05) is 33.0 Å². The van der Waals surface area contributed by atoms with Crippen LogP contribution >= 0.6 is 0 Å². The number of aromatic amines is 1. The number of hydrogen-bond donors (Lipinski definition) is 1. The third kappa shape index (κ3) is 2.25. The Labute approximate surface area is 129 Å². The van der Waals surface area contributed by atoms with Gasteiger partial charge in [0, 0.05) is 18.9 Å². The zero-order valence-electron chi connectivity index (χ0n) is 13.7. The predicted molar refractivity (Wildman–Crippen MR) is 90.3 cm³/mol. The van der Waals surface area contributed by atoms with Crippen LogP contribution in [0.3, 0.4) is 0 Å². The highest BCUT2D eigenvalue weighted by Gasteiger charge is 2.14. The minimum atomic E-state index is -0.0743. The highest BCUT2D eigenvalue weighted by Crippen LogP contribution is 2.26. The molecule has 3 aromatic rings. The Hall–Kier alpha value is -2.36. The molecule has 4 heteroatoms. The van der Waals surface area contributed by atoms with E-state index < -0.39 is 0 Å². The largest absolute Gasteiger partial charge is 0.349 e. The second-order valence-corrected chi connectivity index (χ2v) is 6.26. The van der Waals surface area contributed by atoms with Gasteiger partial charge in [-0.1, -0.05) is 13.8 Å². The lowest BCUT2D eigenvalue weighted by Crippen LogP contribution is -2.13. The van der Waals surface area contributed by atoms with Crippen molar-refractivity contribution in [3.63, 3.8) is 0 Å². The van der Waals surface area contributed by atoms with Crippen LogP contribution < -0.4 is 5.56 Å². The summed E-state index contributed by atoms with van der Waals surface area (Å²) >= 11 is 0. The van der Waals surface area contributed by atoms with Gasteiger partial charge in [-0.15, -0.1) is 0 Å². The first-order chi connectivity index (χ1) is 10.4.